The highest BCUT2D eigenvalue weighted by molar-refractivity contribution is 9.10. The lowest BCUT2D eigenvalue weighted by molar-refractivity contribution is 0.103. The van der Waals surface area contributed by atoms with E-state index in [2.05, 4.69) is 26.3 Å². The van der Waals surface area contributed by atoms with Crippen molar-refractivity contribution in [2.75, 3.05) is 5.32 Å². The summed E-state index contributed by atoms with van der Waals surface area (Å²) in [5, 5.41) is 9.86. The molecule has 4 aromatic rings. The molecule has 0 aliphatic heterocycles. The number of amides is 1. The molecule has 2 aromatic carbocycles. The van der Waals surface area contributed by atoms with E-state index in [1.807, 2.05) is 67.0 Å². The molecule has 8 heteroatoms. The third-order valence-corrected chi connectivity index (χ3v) is 6.49. The Labute approximate surface area is 197 Å². The molecule has 4 rings (SSSR count). The molecule has 0 bridgehead atoms. The van der Waals surface area contributed by atoms with Crippen LogP contribution in [0.4, 0.5) is 5.69 Å². The third kappa shape index (κ3) is 5.76. The second-order valence-corrected chi connectivity index (χ2v) is 9.26. The maximum atomic E-state index is 12.6. The maximum Gasteiger partial charge on any atom is 0.265 e. The van der Waals surface area contributed by atoms with E-state index in [0.29, 0.717) is 28.7 Å². The molecule has 0 saturated carbocycles. The van der Waals surface area contributed by atoms with E-state index in [-0.39, 0.29) is 5.91 Å². The van der Waals surface area contributed by atoms with Gasteiger partial charge in [-0.1, -0.05) is 39.7 Å². The first-order valence-electron chi connectivity index (χ1n) is 9.51. The normalized spacial score (nSPS) is 10.8. The highest BCUT2D eigenvalue weighted by Gasteiger charge is 2.11. The molecule has 1 N–H and O–H groups in total. The average Bonchev–Trinajstić information content (AvgIpc) is 3.40. The van der Waals surface area contributed by atoms with Crippen molar-refractivity contribution < 1.29 is 9.53 Å². The predicted molar refractivity (Wildman–Crippen MR) is 128 cm³/mol. The van der Waals surface area contributed by atoms with Gasteiger partial charge in [0.15, 0.2) is 0 Å². The van der Waals surface area contributed by atoms with Crippen LogP contribution >= 0.6 is 38.9 Å². The zero-order valence-corrected chi connectivity index (χ0v) is 19.8. The fourth-order valence-corrected chi connectivity index (χ4v) is 4.10. The van der Waals surface area contributed by atoms with Gasteiger partial charge in [0.1, 0.15) is 12.4 Å². The van der Waals surface area contributed by atoms with Gasteiger partial charge < -0.3 is 10.1 Å². The molecule has 0 aliphatic carbocycles. The third-order valence-electron chi connectivity index (χ3n) is 4.56. The van der Waals surface area contributed by atoms with Gasteiger partial charge in [-0.15, -0.1) is 11.3 Å². The van der Waals surface area contributed by atoms with Gasteiger partial charge in [0.05, 0.1) is 23.3 Å². The molecule has 0 atom stereocenters. The zero-order chi connectivity index (χ0) is 21.8. The fraction of sp³-hybridized carbons (Fsp3) is 0.130. The molecule has 5 nitrogen and oxygen atoms in total. The summed E-state index contributed by atoms with van der Waals surface area (Å²) in [5.74, 6) is 0.582. The van der Waals surface area contributed by atoms with Crippen molar-refractivity contribution in [1.29, 1.82) is 0 Å². The molecule has 0 fully saturated rings. The highest BCUT2D eigenvalue weighted by Crippen LogP contribution is 2.23. The van der Waals surface area contributed by atoms with Crippen LogP contribution in [0.3, 0.4) is 0 Å². The number of rotatable bonds is 7. The lowest BCUT2D eigenvalue weighted by Gasteiger charge is -2.06. The number of nitrogens with zero attached hydrogens (tertiary/aromatic N) is 2. The van der Waals surface area contributed by atoms with E-state index in [0.717, 1.165) is 26.9 Å². The number of carbonyl (C=O) groups is 1. The number of benzene rings is 2. The second-order valence-electron chi connectivity index (χ2n) is 7.03. The first-order valence-corrected chi connectivity index (χ1v) is 11.6. The number of aryl methyl sites for hydroxylation is 1. The van der Waals surface area contributed by atoms with Gasteiger partial charge in [-0.05, 0) is 59.8 Å². The van der Waals surface area contributed by atoms with Crippen molar-refractivity contribution in [3.8, 4) is 5.75 Å². The number of hydrogen-bond donors (Lipinski definition) is 1. The van der Waals surface area contributed by atoms with Crippen LogP contribution in [0.15, 0.2) is 70.8 Å². The van der Waals surface area contributed by atoms with Gasteiger partial charge in [-0.25, -0.2) is 0 Å². The Morgan fingerprint density at radius 1 is 1.19 bits per heavy atom. The predicted octanol–water partition coefficient (Wildman–Crippen LogP) is 6.55. The average molecular weight is 517 g/mol. The Morgan fingerprint density at radius 3 is 2.77 bits per heavy atom. The molecule has 0 unspecified atom stereocenters. The van der Waals surface area contributed by atoms with E-state index in [4.69, 9.17) is 16.3 Å². The molecule has 31 heavy (non-hydrogen) atoms. The summed E-state index contributed by atoms with van der Waals surface area (Å²) in [7, 11) is 0. The summed E-state index contributed by atoms with van der Waals surface area (Å²) in [4.78, 5) is 13.2. The maximum absolute atomic E-state index is 12.6. The van der Waals surface area contributed by atoms with Crippen molar-refractivity contribution in [2.45, 2.75) is 20.1 Å². The quantitative estimate of drug-likeness (QED) is 0.303. The summed E-state index contributed by atoms with van der Waals surface area (Å²) in [6.07, 6.45) is 3.47. The topological polar surface area (TPSA) is 56.1 Å². The van der Waals surface area contributed by atoms with E-state index < -0.39 is 0 Å². The van der Waals surface area contributed by atoms with E-state index >= 15 is 0 Å². The summed E-state index contributed by atoms with van der Waals surface area (Å²) in [6, 6.07) is 15.4. The lowest BCUT2D eigenvalue weighted by atomic mass is 10.2. The first-order chi connectivity index (χ1) is 15.0. The van der Waals surface area contributed by atoms with Crippen molar-refractivity contribution in [2.24, 2.45) is 0 Å². The van der Waals surface area contributed by atoms with Crippen LogP contribution in [-0.2, 0) is 13.2 Å². The van der Waals surface area contributed by atoms with Gasteiger partial charge in [-0.3, -0.25) is 9.48 Å². The molecule has 2 heterocycles. The monoisotopic (exact) mass is 515 g/mol. The molecular weight excluding hydrogens is 498 g/mol. The Balaban J connectivity index is 1.33. The lowest BCUT2D eigenvalue weighted by Crippen LogP contribution is -2.09. The number of hydrogen-bond acceptors (Lipinski definition) is 4. The second kappa shape index (κ2) is 9.68. The minimum Gasteiger partial charge on any atom is -0.489 e. The number of anilines is 1. The van der Waals surface area contributed by atoms with Crippen LogP contribution in [0, 0.1) is 6.92 Å². The molecule has 2 aromatic heterocycles. The van der Waals surface area contributed by atoms with Gasteiger partial charge >= 0.3 is 0 Å². The Hall–Kier alpha value is -2.61. The van der Waals surface area contributed by atoms with Crippen LogP contribution in [-0.4, -0.2) is 15.7 Å². The fourth-order valence-electron chi connectivity index (χ4n) is 2.93. The van der Waals surface area contributed by atoms with Gasteiger partial charge in [0, 0.05) is 21.3 Å². The minimum atomic E-state index is -0.165. The molecule has 1 amide bonds. The van der Waals surface area contributed by atoms with Crippen LogP contribution in [0.1, 0.15) is 26.4 Å². The first kappa shape index (κ1) is 21.6. The largest absolute Gasteiger partial charge is 0.489 e. The van der Waals surface area contributed by atoms with E-state index in [1.54, 1.807) is 10.9 Å². The van der Waals surface area contributed by atoms with E-state index in [1.165, 1.54) is 11.3 Å². The Morgan fingerprint density at radius 2 is 2.00 bits per heavy atom. The van der Waals surface area contributed by atoms with Crippen molar-refractivity contribution >= 4 is 50.5 Å². The van der Waals surface area contributed by atoms with E-state index in [9.17, 15) is 4.79 Å². The molecule has 0 spiro atoms. The van der Waals surface area contributed by atoms with Crippen molar-refractivity contribution in [3.63, 3.8) is 0 Å². The van der Waals surface area contributed by atoms with Gasteiger partial charge in [-0.2, -0.15) is 5.10 Å². The van der Waals surface area contributed by atoms with Crippen LogP contribution in [0.25, 0.3) is 0 Å². The summed E-state index contributed by atoms with van der Waals surface area (Å²) < 4.78 is 8.63. The van der Waals surface area contributed by atoms with Crippen molar-refractivity contribution in [3.05, 3.63) is 97.4 Å². The minimum absolute atomic E-state index is 0.165. The molecule has 158 valence electrons. The van der Waals surface area contributed by atoms with Crippen LogP contribution in [0.5, 0.6) is 5.75 Å². The molecule has 0 aliphatic rings. The SMILES string of the molecule is Cc1cc(OCc2csc(C(=O)Nc3cnn(Cc4ccc(Br)cc4)c3)c2)ccc1Cl. The highest BCUT2D eigenvalue weighted by atomic mass is 79.9. The van der Waals surface area contributed by atoms with Crippen molar-refractivity contribution in [1.82, 2.24) is 9.78 Å². The Kier molecular flexibility index (Phi) is 6.75. The van der Waals surface area contributed by atoms with Crippen LogP contribution < -0.4 is 10.1 Å². The smallest absolute Gasteiger partial charge is 0.265 e. The number of aromatic nitrogens is 2. The number of nitrogens with one attached hydrogen (secondary N) is 1. The standard InChI is InChI=1S/C23H19BrClN3O2S/c1-15-8-20(6-7-21(15)25)30-13-17-9-22(31-14-17)23(29)27-19-10-26-28(12-19)11-16-2-4-18(24)5-3-16/h2-10,12,14H,11,13H2,1H3,(H,27,29). The number of thiophene rings is 1. The summed E-state index contributed by atoms with van der Waals surface area (Å²) >= 11 is 10.9. The molecular formula is C23H19BrClN3O2S. The van der Waals surface area contributed by atoms with Crippen LogP contribution in [0.2, 0.25) is 5.02 Å². The zero-order valence-electron chi connectivity index (χ0n) is 16.6. The summed E-state index contributed by atoms with van der Waals surface area (Å²) in [6.45, 7) is 2.95. The number of halogens is 2. The van der Waals surface area contributed by atoms with Gasteiger partial charge in [0.2, 0.25) is 0 Å². The Bertz CT molecular complexity index is 1200. The summed E-state index contributed by atoms with van der Waals surface area (Å²) in [5.41, 5.74) is 3.69. The number of ether oxygens (including phenoxy) is 1. The molecule has 0 saturated heterocycles. The number of carbonyl (C=O) groups excluding carboxylic acids is 1. The molecule has 0 radical (unpaired) electrons. The van der Waals surface area contributed by atoms with Gasteiger partial charge in [0.25, 0.3) is 5.91 Å².